The number of aliphatic hydroxyl groups excluding tert-OH is 1. The van der Waals surface area contributed by atoms with E-state index >= 15 is 0 Å². The second-order valence-electron chi connectivity index (χ2n) is 9.34. The molecule has 2 aliphatic rings. The first-order valence-electron chi connectivity index (χ1n) is 12.0. The van der Waals surface area contributed by atoms with Gasteiger partial charge in [0.05, 0.1) is 19.3 Å². The molecule has 2 fully saturated rings. The molecule has 0 heterocycles. The number of unbranched alkanes of at least 4 members (excludes halogenated alkanes) is 7. The van der Waals surface area contributed by atoms with E-state index in [0.29, 0.717) is 13.2 Å². The van der Waals surface area contributed by atoms with E-state index in [1.165, 1.54) is 64.2 Å². The van der Waals surface area contributed by atoms with Gasteiger partial charge >= 0.3 is 0 Å². The van der Waals surface area contributed by atoms with Crippen molar-refractivity contribution < 1.29 is 14.5 Å². The smallest absolute Gasteiger partial charge is 0.257 e. The second-order valence-corrected chi connectivity index (χ2v) is 9.34. The summed E-state index contributed by atoms with van der Waals surface area (Å²) in [4.78, 5) is 0. The first-order chi connectivity index (χ1) is 13.2. The molecular weight excluding hydrogens is 335 g/mol. The van der Waals surface area contributed by atoms with Gasteiger partial charge in [-0.15, -0.1) is 0 Å². The predicted molar refractivity (Wildman–Crippen MR) is 116 cm³/mol. The molecule has 5 unspecified atom stereocenters. The molecule has 0 aromatic carbocycles. The lowest BCUT2D eigenvalue weighted by atomic mass is 10.0. The van der Waals surface area contributed by atoms with E-state index < -0.39 is 6.10 Å². The summed E-state index contributed by atoms with van der Waals surface area (Å²) in [5.41, 5.74) is 0. The summed E-state index contributed by atoms with van der Waals surface area (Å²) in [6, 6.07) is 0. The zero-order valence-electron chi connectivity index (χ0n) is 18.2. The lowest BCUT2D eigenvalue weighted by molar-refractivity contribution is 0.0125. The summed E-state index contributed by atoms with van der Waals surface area (Å²) in [6.07, 6.45) is 19.5. The normalized spacial score (nSPS) is 27.6. The average Bonchev–Trinajstić information content (AvgIpc) is 3.56. The van der Waals surface area contributed by atoms with Gasteiger partial charge in [-0.1, -0.05) is 71.1 Å². The van der Waals surface area contributed by atoms with Crippen molar-refractivity contribution in [2.24, 2.45) is 23.7 Å². The topological polar surface area (TPSA) is 38.7 Å². The van der Waals surface area contributed by atoms with E-state index in [4.69, 9.17) is 9.39 Å². The standard InChI is InChI=1S/C23H45BO3/c1-2-3-8-11-19-14-21(19)16-22-15-20(22)12-9-6-4-5-7-10-13-26-17-23(25)18-27-24/h19-23,25H,2-18,24H2,1H3. The number of hydrogen-bond donors (Lipinski definition) is 1. The number of aliphatic hydroxyl groups is 1. The van der Waals surface area contributed by atoms with Crippen molar-refractivity contribution in [2.75, 3.05) is 19.8 Å². The van der Waals surface area contributed by atoms with Crippen LogP contribution in [0.3, 0.4) is 0 Å². The molecule has 1 N–H and O–H groups in total. The summed E-state index contributed by atoms with van der Waals surface area (Å²) in [7, 11) is 1.60. The molecule has 5 atom stereocenters. The van der Waals surface area contributed by atoms with Crippen LogP contribution in [0.1, 0.15) is 96.8 Å². The fraction of sp³-hybridized carbons (Fsp3) is 1.00. The van der Waals surface area contributed by atoms with E-state index in [0.717, 1.165) is 36.7 Å². The minimum absolute atomic E-state index is 0.363. The molecule has 2 aliphatic carbocycles. The van der Waals surface area contributed by atoms with E-state index in [-0.39, 0.29) is 0 Å². The third kappa shape index (κ3) is 10.9. The minimum atomic E-state index is -0.479. The highest BCUT2D eigenvalue weighted by Gasteiger charge is 2.44. The van der Waals surface area contributed by atoms with Gasteiger partial charge in [-0.25, -0.2) is 0 Å². The molecule has 0 bridgehead atoms. The van der Waals surface area contributed by atoms with Gasteiger partial charge in [0.2, 0.25) is 0 Å². The van der Waals surface area contributed by atoms with Gasteiger partial charge in [0.25, 0.3) is 8.05 Å². The number of ether oxygens (including phenoxy) is 1. The zero-order valence-corrected chi connectivity index (χ0v) is 18.2. The molecule has 0 radical (unpaired) electrons. The van der Waals surface area contributed by atoms with Crippen molar-refractivity contribution in [3.05, 3.63) is 0 Å². The highest BCUT2D eigenvalue weighted by molar-refractivity contribution is 5.97. The van der Waals surface area contributed by atoms with Crippen LogP contribution >= 0.6 is 0 Å². The highest BCUT2D eigenvalue weighted by Crippen LogP contribution is 2.54. The Bertz CT molecular complexity index is 366. The predicted octanol–water partition coefficient (Wildman–Crippen LogP) is 4.90. The molecule has 0 amide bonds. The summed E-state index contributed by atoms with van der Waals surface area (Å²) in [5, 5.41) is 9.48. The summed E-state index contributed by atoms with van der Waals surface area (Å²) in [6.45, 7) is 3.84. The third-order valence-corrected chi connectivity index (χ3v) is 6.70. The Morgan fingerprint density at radius 1 is 0.815 bits per heavy atom. The van der Waals surface area contributed by atoms with E-state index in [2.05, 4.69) is 6.92 Å². The monoisotopic (exact) mass is 380 g/mol. The van der Waals surface area contributed by atoms with Crippen LogP contribution in [0, 0.1) is 23.7 Å². The molecular formula is C23H45BO3. The SMILES string of the molecule is BOCC(O)COCCCCCCCCC1CC1CC1CC1CCCCC. The van der Waals surface area contributed by atoms with Gasteiger partial charge in [0.15, 0.2) is 0 Å². The molecule has 0 aromatic heterocycles. The largest absolute Gasteiger partial charge is 0.441 e. The second kappa shape index (κ2) is 14.0. The Hall–Kier alpha value is -0.0551. The Labute approximate surface area is 169 Å². The molecule has 4 heteroatoms. The van der Waals surface area contributed by atoms with Gasteiger partial charge in [0.1, 0.15) is 0 Å². The Kier molecular flexibility index (Phi) is 12.1. The molecule has 2 saturated carbocycles. The fourth-order valence-electron chi connectivity index (χ4n) is 4.73. The molecule has 2 rings (SSSR count). The maximum Gasteiger partial charge on any atom is 0.257 e. The van der Waals surface area contributed by atoms with Gasteiger partial charge in [-0.05, 0) is 49.4 Å². The molecule has 0 saturated heterocycles. The first-order valence-corrected chi connectivity index (χ1v) is 12.0. The van der Waals surface area contributed by atoms with Gasteiger partial charge < -0.3 is 14.5 Å². The van der Waals surface area contributed by atoms with Crippen LogP contribution in [-0.4, -0.2) is 39.1 Å². The van der Waals surface area contributed by atoms with Crippen LogP contribution in [-0.2, 0) is 9.39 Å². The van der Waals surface area contributed by atoms with Crippen molar-refractivity contribution in [3.8, 4) is 0 Å². The average molecular weight is 380 g/mol. The fourth-order valence-corrected chi connectivity index (χ4v) is 4.73. The van der Waals surface area contributed by atoms with E-state index in [9.17, 15) is 5.11 Å². The molecule has 0 spiro atoms. The van der Waals surface area contributed by atoms with E-state index in [1.54, 1.807) is 27.3 Å². The van der Waals surface area contributed by atoms with E-state index in [1.807, 2.05) is 0 Å². The maximum absolute atomic E-state index is 9.48. The van der Waals surface area contributed by atoms with Gasteiger partial charge in [-0.2, -0.15) is 0 Å². The summed E-state index contributed by atoms with van der Waals surface area (Å²) >= 11 is 0. The summed E-state index contributed by atoms with van der Waals surface area (Å²) < 4.78 is 10.3. The van der Waals surface area contributed by atoms with Crippen LogP contribution in [0.2, 0.25) is 0 Å². The Morgan fingerprint density at radius 3 is 2.04 bits per heavy atom. The lowest BCUT2D eigenvalue weighted by Crippen LogP contribution is -2.21. The van der Waals surface area contributed by atoms with Crippen LogP contribution in [0.15, 0.2) is 0 Å². The Balaban J connectivity index is 1.29. The first kappa shape index (κ1) is 23.2. The molecule has 27 heavy (non-hydrogen) atoms. The van der Waals surface area contributed by atoms with Crippen molar-refractivity contribution in [2.45, 2.75) is 103 Å². The summed E-state index contributed by atoms with van der Waals surface area (Å²) in [5.74, 6) is 4.44. The van der Waals surface area contributed by atoms with Crippen LogP contribution in [0.25, 0.3) is 0 Å². The molecule has 0 aromatic rings. The quantitative estimate of drug-likeness (QED) is 0.256. The maximum atomic E-state index is 9.48. The van der Waals surface area contributed by atoms with Crippen molar-refractivity contribution in [1.29, 1.82) is 0 Å². The van der Waals surface area contributed by atoms with Crippen LogP contribution < -0.4 is 0 Å². The van der Waals surface area contributed by atoms with Crippen molar-refractivity contribution >= 4 is 8.05 Å². The highest BCUT2D eigenvalue weighted by atomic mass is 16.5. The van der Waals surface area contributed by atoms with Gasteiger partial charge in [-0.3, -0.25) is 0 Å². The molecule has 0 aliphatic heterocycles. The van der Waals surface area contributed by atoms with Crippen LogP contribution in [0.4, 0.5) is 0 Å². The third-order valence-electron chi connectivity index (χ3n) is 6.70. The van der Waals surface area contributed by atoms with Crippen molar-refractivity contribution in [3.63, 3.8) is 0 Å². The zero-order chi connectivity index (χ0) is 19.3. The van der Waals surface area contributed by atoms with Gasteiger partial charge in [0, 0.05) is 6.61 Å². The lowest BCUT2D eigenvalue weighted by Gasteiger charge is -2.10. The number of hydrogen-bond acceptors (Lipinski definition) is 3. The number of rotatable bonds is 19. The minimum Gasteiger partial charge on any atom is -0.441 e. The molecule has 3 nitrogen and oxygen atoms in total. The van der Waals surface area contributed by atoms with Crippen LogP contribution in [0.5, 0.6) is 0 Å². The molecule has 158 valence electrons. The Morgan fingerprint density at radius 2 is 1.41 bits per heavy atom. The van der Waals surface area contributed by atoms with Crippen molar-refractivity contribution in [1.82, 2.24) is 0 Å².